The van der Waals surface area contributed by atoms with Crippen LogP contribution in [0.25, 0.3) is 0 Å². The predicted octanol–water partition coefficient (Wildman–Crippen LogP) is 3.58. The molecular weight excluding hydrogens is 262 g/mol. The number of ether oxygens (including phenoxy) is 1. The van der Waals surface area contributed by atoms with E-state index in [1.54, 1.807) is 7.11 Å². The summed E-state index contributed by atoms with van der Waals surface area (Å²) in [6, 6.07) is 15.8. The minimum atomic E-state index is 0.186. The second-order valence-electron chi connectivity index (χ2n) is 4.93. The van der Waals surface area contributed by atoms with Crippen molar-refractivity contribution >= 4 is 5.78 Å². The number of hydrogen-bond acceptors (Lipinski definition) is 3. The van der Waals surface area contributed by atoms with Gasteiger partial charge < -0.3 is 10.1 Å². The zero-order valence-electron chi connectivity index (χ0n) is 12.6. The van der Waals surface area contributed by atoms with Gasteiger partial charge in [-0.15, -0.1) is 0 Å². The number of Topliss-reactive ketones (excluding diaryl/α,β-unsaturated/α-hetero) is 1. The molecule has 1 N–H and O–H groups in total. The summed E-state index contributed by atoms with van der Waals surface area (Å²) in [7, 11) is 1.67. The second kappa shape index (κ2) is 7.60. The van der Waals surface area contributed by atoms with Crippen LogP contribution in [0.3, 0.4) is 0 Å². The van der Waals surface area contributed by atoms with Gasteiger partial charge in [0.1, 0.15) is 5.75 Å². The average Bonchev–Trinajstić information content (AvgIpc) is 2.55. The zero-order chi connectivity index (χ0) is 15.1. The minimum Gasteiger partial charge on any atom is -0.497 e. The minimum absolute atomic E-state index is 0.186. The Morgan fingerprint density at radius 2 is 1.76 bits per heavy atom. The number of nitrogens with one attached hydrogen (secondary N) is 1. The third-order valence-corrected chi connectivity index (χ3v) is 3.39. The quantitative estimate of drug-likeness (QED) is 0.789. The third-order valence-electron chi connectivity index (χ3n) is 3.39. The van der Waals surface area contributed by atoms with Gasteiger partial charge in [0.15, 0.2) is 5.78 Å². The molecule has 0 aliphatic carbocycles. The van der Waals surface area contributed by atoms with Crippen molar-refractivity contribution in [3.8, 4) is 5.75 Å². The van der Waals surface area contributed by atoms with Gasteiger partial charge in [0.05, 0.1) is 7.11 Å². The molecule has 0 fully saturated rings. The lowest BCUT2D eigenvalue weighted by Crippen LogP contribution is -2.12. The van der Waals surface area contributed by atoms with Crippen LogP contribution in [0.5, 0.6) is 5.75 Å². The van der Waals surface area contributed by atoms with Crippen LogP contribution in [0.4, 0.5) is 0 Å². The van der Waals surface area contributed by atoms with E-state index in [0.29, 0.717) is 6.42 Å². The largest absolute Gasteiger partial charge is 0.497 e. The Labute approximate surface area is 126 Å². The van der Waals surface area contributed by atoms with Crippen LogP contribution in [-0.4, -0.2) is 12.9 Å². The molecule has 21 heavy (non-hydrogen) atoms. The highest BCUT2D eigenvalue weighted by molar-refractivity contribution is 5.95. The van der Waals surface area contributed by atoms with Crippen LogP contribution in [-0.2, 0) is 13.1 Å². The van der Waals surface area contributed by atoms with Crippen LogP contribution in [0.2, 0.25) is 0 Å². The summed E-state index contributed by atoms with van der Waals surface area (Å²) >= 11 is 0. The molecule has 0 amide bonds. The van der Waals surface area contributed by atoms with Crippen LogP contribution >= 0.6 is 0 Å². The van der Waals surface area contributed by atoms with Gasteiger partial charge in [-0.25, -0.2) is 0 Å². The van der Waals surface area contributed by atoms with Crippen molar-refractivity contribution in [1.82, 2.24) is 5.32 Å². The molecule has 0 unspecified atom stereocenters. The summed E-state index contributed by atoms with van der Waals surface area (Å²) in [6.45, 7) is 3.44. The molecule has 0 saturated heterocycles. The first-order valence-electron chi connectivity index (χ1n) is 7.18. The van der Waals surface area contributed by atoms with Crippen molar-refractivity contribution in [2.75, 3.05) is 7.11 Å². The molecule has 0 spiro atoms. The van der Waals surface area contributed by atoms with E-state index in [0.717, 1.165) is 24.4 Å². The highest BCUT2D eigenvalue weighted by Crippen LogP contribution is 2.12. The molecular formula is C18H21NO2. The Bertz CT molecular complexity index is 590. The Balaban J connectivity index is 1.87. The second-order valence-corrected chi connectivity index (χ2v) is 4.93. The normalized spacial score (nSPS) is 10.4. The van der Waals surface area contributed by atoms with Crippen molar-refractivity contribution < 1.29 is 9.53 Å². The van der Waals surface area contributed by atoms with Crippen LogP contribution in [0.15, 0.2) is 48.5 Å². The fraction of sp³-hybridized carbons (Fsp3) is 0.278. The van der Waals surface area contributed by atoms with Crippen molar-refractivity contribution in [1.29, 1.82) is 0 Å². The summed E-state index contributed by atoms with van der Waals surface area (Å²) < 4.78 is 5.21. The number of carbonyl (C=O) groups excluding carboxylic acids is 1. The number of hydrogen-bond donors (Lipinski definition) is 1. The van der Waals surface area contributed by atoms with E-state index >= 15 is 0 Å². The van der Waals surface area contributed by atoms with Crippen LogP contribution in [0.1, 0.15) is 34.8 Å². The Morgan fingerprint density at radius 3 is 2.43 bits per heavy atom. The van der Waals surface area contributed by atoms with Crippen molar-refractivity contribution in [3.63, 3.8) is 0 Å². The molecule has 2 rings (SSSR count). The summed E-state index contributed by atoms with van der Waals surface area (Å²) in [4.78, 5) is 11.6. The number of benzene rings is 2. The number of ketones is 1. The van der Waals surface area contributed by atoms with E-state index in [9.17, 15) is 4.79 Å². The van der Waals surface area contributed by atoms with E-state index < -0.39 is 0 Å². The third kappa shape index (κ3) is 4.43. The van der Waals surface area contributed by atoms with Gasteiger partial charge in [0, 0.05) is 25.1 Å². The maximum absolute atomic E-state index is 11.6. The Kier molecular flexibility index (Phi) is 5.52. The molecule has 3 nitrogen and oxygen atoms in total. The Hall–Kier alpha value is -2.13. The summed E-state index contributed by atoms with van der Waals surface area (Å²) in [5, 5.41) is 3.39. The molecule has 0 radical (unpaired) electrons. The molecule has 0 saturated carbocycles. The molecule has 0 heterocycles. The fourth-order valence-corrected chi connectivity index (χ4v) is 2.15. The lowest BCUT2D eigenvalue weighted by Gasteiger charge is -2.07. The first kappa shape index (κ1) is 15.3. The van der Waals surface area contributed by atoms with E-state index in [4.69, 9.17) is 4.74 Å². The van der Waals surface area contributed by atoms with Crippen molar-refractivity contribution in [2.45, 2.75) is 26.4 Å². The van der Waals surface area contributed by atoms with E-state index in [1.807, 2.05) is 49.4 Å². The molecule has 0 bridgehead atoms. The molecule has 0 aromatic heterocycles. The van der Waals surface area contributed by atoms with Gasteiger partial charge in [0.2, 0.25) is 0 Å². The van der Waals surface area contributed by atoms with Crippen molar-refractivity contribution in [2.24, 2.45) is 0 Å². The van der Waals surface area contributed by atoms with Gasteiger partial charge in [-0.2, -0.15) is 0 Å². The van der Waals surface area contributed by atoms with E-state index in [2.05, 4.69) is 11.4 Å². The van der Waals surface area contributed by atoms with E-state index in [-0.39, 0.29) is 5.78 Å². The average molecular weight is 283 g/mol. The molecule has 2 aromatic carbocycles. The standard InChI is InChI=1S/C18H21NO2/c1-3-18(20)16-9-7-14(8-10-16)12-19-13-15-5-4-6-17(11-15)21-2/h4-11,19H,3,12-13H2,1-2H3. The SMILES string of the molecule is CCC(=O)c1ccc(CNCc2cccc(OC)c2)cc1. The van der Waals surface area contributed by atoms with E-state index in [1.165, 1.54) is 11.1 Å². The molecule has 2 aromatic rings. The number of methoxy groups -OCH3 is 1. The Morgan fingerprint density at radius 1 is 1.05 bits per heavy atom. The maximum atomic E-state index is 11.6. The molecule has 0 aliphatic heterocycles. The highest BCUT2D eigenvalue weighted by atomic mass is 16.5. The monoisotopic (exact) mass is 283 g/mol. The molecule has 110 valence electrons. The lowest BCUT2D eigenvalue weighted by atomic mass is 10.1. The zero-order valence-corrected chi connectivity index (χ0v) is 12.6. The van der Waals surface area contributed by atoms with Gasteiger partial charge in [-0.1, -0.05) is 43.3 Å². The molecule has 0 aliphatic rings. The summed E-state index contributed by atoms with van der Waals surface area (Å²) in [5.41, 5.74) is 3.15. The predicted molar refractivity (Wildman–Crippen MR) is 84.6 cm³/mol. The lowest BCUT2D eigenvalue weighted by molar-refractivity contribution is 0.0988. The van der Waals surface area contributed by atoms with Gasteiger partial charge in [-0.3, -0.25) is 4.79 Å². The number of rotatable bonds is 7. The topological polar surface area (TPSA) is 38.3 Å². The van der Waals surface area contributed by atoms with Crippen LogP contribution < -0.4 is 10.1 Å². The highest BCUT2D eigenvalue weighted by Gasteiger charge is 2.02. The smallest absolute Gasteiger partial charge is 0.162 e. The van der Waals surface area contributed by atoms with Crippen molar-refractivity contribution in [3.05, 3.63) is 65.2 Å². The van der Waals surface area contributed by atoms with Crippen LogP contribution in [0, 0.1) is 0 Å². The van der Waals surface area contributed by atoms with Gasteiger partial charge >= 0.3 is 0 Å². The van der Waals surface area contributed by atoms with Gasteiger partial charge in [0.25, 0.3) is 0 Å². The first-order valence-corrected chi connectivity index (χ1v) is 7.18. The molecule has 0 atom stereocenters. The first-order chi connectivity index (χ1) is 10.2. The summed E-state index contributed by atoms with van der Waals surface area (Å²) in [6.07, 6.45) is 0.549. The number of carbonyl (C=O) groups is 1. The molecule has 3 heteroatoms. The fourth-order valence-electron chi connectivity index (χ4n) is 2.15. The summed E-state index contributed by atoms with van der Waals surface area (Å²) in [5.74, 6) is 1.06. The van der Waals surface area contributed by atoms with Gasteiger partial charge in [-0.05, 0) is 23.3 Å². The maximum Gasteiger partial charge on any atom is 0.162 e.